The fourth-order valence-corrected chi connectivity index (χ4v) is 5.76. The lowest BCUT2D eigenvalue weighted by molar-refractivity contribution is -0.127. The number of fused-ring (bicyclic) bond motifs is 1. The van der Waals surface area contributed by atoms with Gasteiger partial charge in [-0.3, -0.25) is 9.78 Å². The lowest BCUT2D eigenvalue weighted by atomic mass is 10.0. The second-order valence-electron chi connectivity index (χ2n) is 10.9. The number of halogens is 2. The highest BCUT2D eigenvalue weighted by Gasteiger charge is 2.35. The third-order valence-corrected chi connectivity index (χ3v) is 7.60. The number of hydrogen-bond donors (Lipinski definition) is 1. The smallest absolute Gasteiger partial charge is 0.355 e. The van der Waals surface area contributed by atoms with Crippen LogP contribution in [0, 0.1) is 18.6 Å². The fourth-order valence-electron chi connectivity index (χ4n) is 5.76. The number of carbonyl (C=O) groups excluding carboxylic acids is 1. The molecule has 42 heavy (non-hydrogen) atoms. The number of anilines is 1. The van der Waals surface area contributed by atoms with E-state index in [4.69, 9.17) is 0 Å². The molecule has 0 aliphatic carbocycles. The van der Waals surface area contributed by atoms with Gasteiger partial charge in [0.1, 0.15) is 23.1 Å². The van der Waals surface area contributed by atoms with Gasteiger partial charge in [-0.2, -0.15) is 4.98 Å². The number of phenols is 1. The van der Waals surface area contributed by atoms with E-state index in [2.05, 4.69) is 21.5 Å². The summed E-state index contributed by atoms with van der Waals surface area (Å²) < 4.78 is 32.1. The minimum absolute atomic E-state index is 0.0334. The zero-order valence-electron chi connectivity index (χ0n) is 24.1. The summed E-state index contributed by atoms with van der Waals surface area (Å²) in [5.74, 6) is -2.36. The highest BCUT2D eigenvalue weighted by atomic mass is 19.1. The van der Waals surface area contributed by atoms with Gasteiger partial charge in [0.2, 0.25) is 5.91 Å². The quantitative estimate of drug-likeness (QED) is 0.339. The van der Waals surface area contributed by atoms with Crippen molar-refractivity contribution in [3.8, 4) is 22.7 Å². The zero-order valence-corrected chi connectivity index (χ0v) is 24.1. The number of amides is 1. The first kappa shape index (κ1) is 28.8. The number of benzene rings is 1. The summed E-state index contributed by atoms with van der Waals surface area (Å²) in [5, 5.41) is 10.7. The van der Waals surface area contributed by atoms with Crippen LogP contribution in [0.15, 0.2) is 54.0 Å². The molecule has 4 heterocycles. The first-order valence-electron chi connectivity index (χ1n) is 13.7. The van der Waals surface area contributed by atoms with Gasteiger partial charge in [-0.05, 0) is 62.6 Å². The molecule has 2 atom stereocenters. The van der Waals surface area contributed by atoms with Crippen molar-refractivity contribution in [2.75, 3.05) is 18.0 Å². The summed E-state index contributed by atoms with van der Waals surface area (Å²) in [6.45, 7) is 13.7. The van der Waals surface area contributed by atoms with Gasteiger partial charge in [0, 0.05) is 31.4 Å². The lowest BCUT2D eigenvalue weighted by Gasteiger charge is -2.45. The van der Waals surface area contributed by atoms with E-state index >= 15 is 4.39 Å². The molecule has 218 valence electrons. The van der Waals surface area contributed by atoms with Gasteiger partial charge in [0.05, 0.1) is 22.3 Å². The maximum Gasteiger partial charge on any atom is 0.355 e. The van der Waals surface area contributed by atoms with Crippen LogP contribution in [-0.4, -0.2) is 60.6 Å². The average molecular weight is 575 g/mol. The van der Waals surface area contributed by atoms with Gasteiger partial charge >= 0.3 is 5.69 Å². The summed E-state index contributed by atoms with van der Waals surface area (Å²) in [4.78, 5) is 43.4. The molecule has 0 radical (unpaired) electrons. The van der Waals surface area contributed by atoms with Gasteiger partial charge in [-0.25, -0.2) is 23.1 Å². The molecule has 1 N–H and O–H groups in total. The third kappa shape index (κ3) is 4.78. The van der Waals surface area contributed by atoms with Crippen molar-refractivity contribution in [3.05, 3.63) is 82.6 Å². The summed E-state index contributed by atoms with van der Waals surface area (Å²) in [6.07, 6.45) is 2.90. The number of hydrogen-bond acceptors (Lipinski definition) is 7. The summed E-state index contributed by atoms with van der Waals surface area (Å²) in [6, 6.07) is 5.97. The molecule has 0 saturated carbocycles. The number of carbonyl (C=O) groups is 1. The molecule has 0 bridgehead atoms. The van der Waals surface area contributed by atoms with Gasteiger partial charge in [0.15, 0.2) is 11.5 Å². The second kappa shape index (κ2) is 11.0. The molecule has 11 heteroatoms. The van der Waals surface area contributed by atoms with Crippen molar-refractivity contribution in [1.29, 1.82) is 0 Å². The lowest BCUT2D eigenvalue weighted by Crippen LogP contribution is -2.58. The maximum atomic E-state index is 15.9. The summed E-state index contributed by atoms with van der Waals surface area (Å²) in [7, 11) is 0. The molecular formula is C31H32F2N6O3. The van der Waals surface area contributed by atoms with Gasteiger partial charge in [0.25, 0.3) is 0 Å². The Morgan fingerprint density at radius 2 is 1.81 bits per heavy atom. The Kier molecular flexibility index (Phi) is 7.53. The molecule has 0 unspecified atom stereocenters. The molecule has 1 aliphatic heterocycles. The molecule has 1 fully saturated rings. The van der Waals surface area contributed by atoms with E-state index in [9.17, 15) is 19.1 Å². The number of piperazine rings is 1. The Hall–Kier alpha value is -4.67. The van der Waals surface area contributed by atoms with Crippen molar-refractivity contribution < 1.29 is 18.7 Å². The number of phenolic OH excluding ortho intramolecular Hbond substituents is 1. The van der Waals surface area contributed by atoms with Crippen LogP contribution in [0.1, 0.15) is 44.9 Å². The molecule has 5 rings (SSSR count). The van der Waals surface area contributed by atoms with E-state index in [0.717, 1.165) is 6.07 Å². The number of aromatic hydroxyl groups is 1. The zero-order chi connectivity index (χ0) is 30.5. The fraction of sp³-hybridized carbons (Fsp3) is 0.323. The van der Waals surface area contributed by atoms with E-state index in [1.54, 1.807) is 17.2 Å². The minimum Gasteiger partial charge on any atom is -0.507 e. The normalized spacial score (nSPS) is 17.2. The standard InChI is InChI=1S/C31H32F2N6O3/c1-7-24(41)37-14-18(5)38(19(6)15-37)30-20-13-22(33)27(25-21(32)9-8-10-23(25)40)35-29(20)39(31(42)36-30)28-17(4)11-12-34-26(28)16(2)3/h7-13,16,18-19,40H,1,14-15H2,2-6H3/t18-,19-/m0/s1. The van der Waals surface area contributed by atoms with Crippen LogP contribution in [0.4, 0.5) is 14.6 Å². The average Bonchev–Trinajstić information content (AvgIpc) is 2.93. The van der Waals surface area contributed by atoms with Crippen molar-refractivity contribution in [1.82, 2.24) is 24.4 Å². The molecule has 1 amide bonds. The maximum absolute atomic E-state index is 15.9. The van der Waals surface area contributed by atoms with E-state index in [-0.39, 0.29) is 40.8 Å². The molecular weight excluding hydrogens is 542 g/mol. The Balaban J connectivity index is 1.86. The number of nitrogens with zero attached hydrogens (tertiary/aromatic N) is 6. The molecule has 4 aromatic rings. The molecule has 3 aromatic heterocycles. The van der Waals surface area contributed by atoms with Crippen molar-refractivity contribution in [2.45, 2.75) is 52.6 Å². The molecule has 9 nitrogen and oxygen atoms in total. The predicted molar refractivity (Wildman–Crippen MR) is 157 cm³/mol. The molecule has 1 aromatic carbocycles. The predicted octanol–water partition coefficient (Wildman–Crippen LogP) is 4.87. The van der Waals surface area contributed by atoms with Crippen molar-refractivity contribution in [2.24, 2.45) is 0 Å². The number of aryl methyl sites for hydroxylation is 1. The largest absolute Gasteiger partial charge is 0.507 e. The Labute approximate surface area is 241 Å². The van der Waals surface area contributed by atoms with Gasteiger partial charge in [-0.15, -0.1) is 0 Å². The van der Waals surface area contributed by atoms with Crippen LogP contribution in [0.25, 0.3) is 28.0 Å². The topological polar surface area (TPSA) is 104 Å². The van der Waals surface area contributed by atoms with E-state index in [1.807, 2.05) is 39.5 Å². The van der Waals surface area contributed by atoms with Crippen molar-refractivity contribution >= 4 is 22.8 Å². The molecule has 1 saturated heterocycles. The molecule has 1 aliphatic rings. The van der Waals surface area contributed by atoms with Crippen LogP contribution in [0.2, 0.25) is 0 Å². The SMILES string of the molecule is C=CC(=O)N1C[C@H](C)N(c2nc(=O)n(-c3c(C)ccnc3C(C)C)c3nc(-c4c(O)cccc4F)c(F)cc23)[C@@H](C)C1. The first-order valence-corrected chi connectivity index (χ1v) is 13.7. The van der Waals surface area contributed by atoms with Crippen LogP contribution in [-0.2, 0) is 4.79 Å². The second-order valence-corrected chi connectivity index (χ2v) is 10.9. The monoisotopic (exact) mass is 574 g/mol. The van der Waals surface area contributed by atoms with Crippen LogP contribution >= 0.6 is 0 Å². The first-order chi connectivity index (χ1) is 19.9. The summed E-state index contributed by atoms with van der Waals surface area (Å²) >= 11 is 0. The van der Waals surface area contributed by atoms with Crippen molar-refractivity contribution in [3.63, 3.8) is 0 Å². The number of aromatic nitrogens is 4. The van der Waals surface area contributed by atoms with E-state index in [1.165, 1.54) is 28.8 Å². The third-order valence-electron chi connectivity index (χ3n) is 7.60. The number of pyridine rings is 2. The summed E-state index contributed by atoms with van der Waals surface area (Å²) in [5.41, 5.74) is 0.261. The van der Waals surface area contributed by atoms with Gasteiger partial charge in [-0.1, -0.05) is 26.5 Å². The highest BCUT2D eigenvalue weighted by Crippen LogP contribution is 2.37. The number of rotatable bonds is 5. The highest BCUT2D eigenvalue weighted by molar-refractivity contribution is 5.91. The van der Waals surface area contributed by atoms with Crippen LogP contribution in [0.3, 0.4) is 0 Å². The minimum atomic E-state index is -0.899. The molecule has 0 spiro atoms. The Bertz CT molecular complexity index is 1760. The van der Waals surface area contributed by atoms with Crippen LogP contribution in [0.5, 0.6) is 5.75 Å². The van der Waals surface area contributed by atoms with E-state index in [0.29, 0.717) is 30.0 Å². The van der Waals surface area contributed by atoms with Gasteiger partial charge < -0.3 is 14.9 Å². The van der Waals surface area contributed by atoms with E-state index < -0.39 is 34.3 Å². The van der Waals surface area contributed by atoms with Crippen LogP contribution < -0.4 is 10.6 Å². The Morgan fingerprint density at radius 3 is 2.43 bits per heavy atom. The Morgan fingerprint density at radius 1 is 1.12 bits per heavy atom.